The molecule has 0 saturated heterocycles. The summed E-state index contributed by atoms with van der Waals surface area (Å²) in [6.45, 7) is 0. The Kier molecular flexibility index (Phi) is 9.18. The maximum atomic E-state index is 6.29. The summed E-state index contributed by atoms with van der Waals surface area (Å²) in [4.78, 5) is 4.70. The van der Waals surface area contributed by atoms with Crippen LogP contribution in [0, 0.1) is 0 Å². The molecule has 3 heteroatoms. The third-order valence-corrected chi connectivity index (χ3v) is 11.7. The van der Waals surface area contributed by atoms with Crippen molar-refractivity contribution in [1.82, 2.24) is 0 Å². The smallest absolute Gasteiger partial charge is 0.137 e. The molecular formula is C58H40N2O. The van der Waals surface area contributed by atoms with Gasteiger partial charge in [-0.15, -0.1) is 0 Å². The molecule has 0 bridgehead atoms. The first-order valence-corrected chi connectivity index (χ1v) is 20.8. The SMILES string of the molecule is c1ccc(-c2c(N(c3ccccc3)c3ccc(-c4ccc(-c5ccc(N(c6ccccc6)c6cccc7oc8ccccc8c67)cc5)cc4)cc3)ccc3ccccc23)cc1. The quantitative estimate of drug-likeness (QED) is 0.145. The number of para-hydroxylation sites is 3. The molecule has 1 aromatic heterocycles. The average molecular weight is 781 g/mol. The second kappa shape index (κ2) is 15.6. The van der Waals surface area contributed by atoms with E-state index >= 15 is 0 Å². The Morgan fingerprint density at radius 2 is 0.705 bits per heavy atom. The van der Waals surface area contributed by atoms with Crippen molar-refractivity contribution in [3.05, 3.63) is 243 Å². The molecule has 0 aliphatic heterocycles. The first-order chi connectivity index (χ1) is 30.3. The molecule has 288 valence electrons. The Balaban J connectivity index is 0.909. The molecule has 0 radical (unpaired) electrons. The second-order valence-corrected chi connectivity index (χ2v) is 15.3. The predicted octanol–water partition coefficient (Wildman–Crippen LogP) is 16.7. The Bertz CT molecular complexity index is 3270. The second-order valence-electron chi connectivity index (χ2n) is 15.3. The van der Waals surface area contributed by atoms with Crippen LogP contribution in [0.25, 0.3) is 66.1 Å². The van der Waals surface area contributed by atoms with Crippen LogP contribution in [0.1, 0.15) is 0 Å². The molecule has 0 unspecified atom stereocenters. The van der Waals surface area contributed by atoms with Crippen LogP contribution >= 0.6 is 0 Å². The van der Waals surface area contributed by atoms with Crippen molar-refractivity contribution < 1.29 is 4.42 Å². The molecule has 0 spiro atoms. The number of furan rings is 1. The zero-order valence-electron chi connectivity index (χ0n) is 33.4. The van der Waals surface area contributed by atoms with Crippen LogP contribution < -0.4 is 9.80 Å². The highest BCUT2D eigenvalue weighted by atomic mass is 16.3. The van der Waals surface area contributed by atoms with Crippen LogP contribution in [0.15, 0.2) is 247 Å². The summed E-state index contributed by atoms with van der Waals surface area (Å²) >= 11 is 0. The first kappa shape index (κ1) is 36.0. The summed E-state index contributed by atoms with van der Waals surface area (Å²) in [6, 6.07) is 86.4. The Morgan fingerprint density at radius 1 is 0.262 bits per heavy atom. The average Bonchev–Trinajstić information content (AvgIpc) is 3.73. The van der Waals surface area contributed by atoms with Gasteiger partial charge >= 0.3 is 0 Å². The largest absolute Gasteiger partial charge is 0.456 e. The van der Waals surface area contributed by atoms with E-state index in [1.54, 1.807) is 0 Å². The highest BCUT2D eigenvalue weighted by Gasteiger charge is 2.21. The number of anilines is 6. The van der Waals surface area contributed by atoms with Crippen LogP contribution in [0.5, 0.6) is 0 Å². The molecule has 61 heavy (non-hydrogen) atoms. The third kappa shape index (κ3) is 6.69. The van der Waals surface area contributed by atoms with Gasteiger partial charge in [-0.25, -0.2) is 0 Å². The van der Waals surface area contributed by atoms with Gasteiger partial charge in [0.2, 0.25) is 0 Å². The van der Waals surface area contributed by atoms with Gasteiger partial charge < -0.3 is 14.2 Å². The number of fused-ring (bicyclic) bond motifs is 4. The monoisotopic (exact) mass is 780 g/mol. The van der Waals surface area contributed by atoms with E-state index in [4.69, 9.17) is 4.42 Å². The van der Waals surface area contributed by atoms with Gasteiger partial charge in [0, 0.05) is 33.7 Å². The topological polar surface area (TPSA) is 19.6 Å². The normalized spacial score (nSPS) is 11.3. The predicted molar refractivity (Wildman–Crippen MR) is 257 cm³/mol. The molecule has 0 fully saturated rings. The van der Waals surface area contributed by atoms with Gasteiger partial charge in [-0.1, -0.05) is 170 Å². The molecule has 3 nitrogen and oxygen atoms in total. The lowest BCUT2D eigenvalue weighted by atomic mass is 9.95. The molecular weight excluding hydrogens is 741 g/mol. The summed E-state index contributed by atoms with van der Waals surface area (Å²) in [6.07, 6.45) is 0. The maximum Gasteiger partial charge on any atom is 0.137 e. The van der Waals surface area contributed by atoms with Gasteiger partial charge in [0.15, 0.2) is 0 Å². The molecule has 10 aromatic carbocycles. The zero-order chi connectivity index (χ0) is 40.5. The molecule has 0 N–H and O–H groups in total. The van der Waals surface area contributed by atoms with Gasteiger partial charge in [-0.05, 0) is 111 Å². The van der Waals surface area contributed by atoms with E-state index in [0.717, 1.165) is 61.6 Å². The van der Waals surface area contributed by atoms with Gasteiger partial charge in [0.05, 0.1) is 16.8 Å². The summed E-state index contributed by atoms with van der Waals surface area (Å²) in [7, 11) is 0. The fourth-order valence-electron chi connectivity index (χ4n) is 8.77. The lowest BCUT2D eigenvalue weighted by Gasteiger charge is -2.29. The third-order valence-electron chi connectivity index (χ3n) is 11.7. The summed E-state index contributed by atoms with van der Waals surface area (Å²) in [5, 5.41) is 4.66. The first-order valence-electron chi connectivity index (χ1n) is 20.8. The van der Waals surface area contributed by atoms with Crippen molar-refractivity contribution >= 4 is 66.8 Å². The van der Waals surface area contributed by atoms with Gasteiger partial charge in [-0.2, -0.15) is 0 Å². The van der Waals surface area contributed by atoms with Crippen LogP contribution in [0.4, 0.5) is 34.1 Å². The van der Waals surface area contributed by atoms with Crippen LogP contribution in [-0.4, -0.2) is 0 Å². The fraction of sp³-hybridized carbons (Fsp3) is 0. The number of rotatable bonds is 9. The zero-order valence-corrected chi connectivity index (χ0v) is 33.4. The number of nitrogens with zero attached hydrogens (tertiary/aromatic N) is 2. The Labute approximate surface area is 355 Å². The summed E-state index contributed by atoms with van der Waals surface area (Å²) in [5.41, 5.74) is 15.4. The highest BCUT2D eigenvalue weighted by molar-refractivity contribution is 6.13. The number of benzene rings is 10. The lowest BCUT2D eigenvalue weighted by Crippen LogP contribution is -2.11. The van der Waals surface area contributed by atoms with Crippen molar-refractivity contribution in [3.8, 4) is 33.4 Å². The van der Waals surface area contributed by atoms with Gasteiger partial charge in [0.1, 0.15) is 11.2 Å². The molecule has 0 saturated carbocycles. The Morgan fingerprint density at radius 3 is 1.30 bits per heavy atom. The van der Waals surface area contributed by atoms with Gasteiger partial charge in [0.25, 0.3) is 0 Å². The minimum Gasteiger partial charge on any atom is -0.456 e. The van der Waals surface area contributed by atoms with E-state index < -0.39 is 0 Å². The molecule has 11 rings (SSSR count). The van der Waals surface area contributed by atoms with E-state index in [0.29, 0.717) is 0 Å². The summed E-state index contributed by atoms with van der Waals surface area (Å²) in [5.74, 6) is 0. The van der Waals surface area contributed by atoms with E-state index in [2.05, 4.69) is 240 Å². The summed E-state index contributed by atoms with van der Waals surface area (Å²) < 4.78 is 6.29. The Hall–Kier alpha value is -8.14. The molecule has 0 aliphatic carbocycles. The molecule has 11 aromatic rings. The van der Waals surface area contributed by atoms with Crippen LogP contribution in [0.2, 0.25) is 0 Å². The van der Waals surface area contributed by atoms with Crippen molar-refractivity contribution in [3.63, 3.8) is 0 Å². The van der Waals surface area contributed by atoms with Crippen LogP contribution in [-0.2, 0) is 0 Å². The molecule has 0 amide bonds. The molecule has 1 heterocycles. The van der Waals surface area contributed by atoms with Crippen molar-refractivity contribution in [2.24, 2.45) is 0 Å². The molecule has 0 atom stereocenters. The van der Waals surface area contributed by atoms with Crippen molar-refractivity contribution in [2.45, 2.75) is 0 Å². The number of hydrogen-bond acceptors (Lipinski definition) is 3. The highest BCUT2D eigenvalue weighted by Crippen LogP contribution is 2.46. The van der Waals surface area contributed by atoms with Crippen molar-refractivity contribution in [2.75, 3.05) is 9.80 Å². The van der Waals surface area contributed by atoms with E-state index in [-0.39, 0.29) is 0 Å². The minimum absolute atomic E-state index is 0.877. The van der Waals surface area contributed by atoms with Crippen LogP contribution in [0.3, 0.4) is 0 Å². The lowest BCUT2D eigenvalue weighted by molar-refractivity contribution is 0.669. The standard InChI is InChI=1S/C58H40N2O/c1-4-16-46(17-5-1)57-51-22-11-10-15-45(51)35-40-54(57)60(48-20-8-3-9-21-48)50-38-33-44(34-39-50)42-29-27-41(28-30-42)43-31-36-49(37-32-43)59(47-18-6-2-7-19-47)53-24-14-26-56-58(53)52-23-12-13-25-55(52)61-56/h1-40H. The van der Waals surface area contributed by atoms with E-state index in [1.807, 2.05) is 12.1 Å². The minimum atomic E-state index is 0.877. The van der Waals surface area contributed by atoms with Crippen molar-refractivity contribution in [1.29, 1.82) is 0 Å². The number of hydrogen-bond donors (Lipinski definition) is 0. The molecule has 0 aliphatic rings. The van der Waals surface area contributed by atoms with Gasteiger partial charge in [-0.3, -0.25) is 0 Å². The van der Waals surface area contributed by atoms with E-state index in [9.17, 15) is 0 Å². The fourth-order valence-corrected chi connectivity index (χ4v) is 8.77. The van der Waals surface area contributed by atoms with E-state index in [1.165, 1.54) is 38.6 Å². The maximum absolute atomic E-state index is 6.29.